The van der Waals surface area contributed by atoms with Gasteiger partial charge >= 0.3 is 0 Å². The van der Waals surface area contributed by atoms with Gasteiger partial charge < -0.3 is 4.74 Å². The van der Waals surface area contributed by atoms with E-state index in [2.05, 4.69) is 73.7 Å². The van der Waals surface area contributed by atoms with Crippen LogP contribution < -0.4 is 0 Å². The molecule has 0 aliphatic carbocycles. The van der Waals surface area contributed by atoms with Crippen molar-refractivity contribution in [1.82, 2.24) is 0 Å². The van der Waals surface area contributed by atoms with Crippen LogP contribution >= 0.6 is 0 Å². The fraction of sp³-hybridized carbons (Fsp3) is 0.158. The molecule has 1 unspecified atom stereocenters. The van der Waals surface area contributed by atoms with Gasteiger partial charge in [0, 0.05) is 0 Å². The second kappa shape index (κ2) is 4.19. The minimum atomic E-state index is -0.350. The van der Waals surface area contributed by atoms with Crippen LogP contribution in [-0.4, -0.2) is 0 Å². The summed E-state index contributed by atoms with van der Waals surface area (Å²) in [5, 5.41) is 2.54. The molecular formula is C19H16O. The molecule has 1 aliphatic rings. The predicted octanol–water partition coefficient (Wildman–Crippen LogP) is 4.63. The topological polar surface area (TPSA) is 9.23 Å². The second-order valence-corrected chi connectivity index (χ2v) is 5.51. The Hall–Kier alpha value is -2.12. The maximum absolute atomic E-state index is 6.21. The van der Waals surface area contributed by atoms with E-state index in [1.807, 2.05) is 0 Å². The SMILES string of the molecule is CC1(c2cccc3ccccc23)OCc2ccccc21. The first-order valence-electron chi connectivity index (χ1n) is 7.00. The van der Waals surface area contributed by atoms with E-state index in [1.54, 1.807) is 0 Å². The lowest BCUT2D eigenvalue weighted by molar-refractivity contribution is 0.0108. The van der Waals surface area contributed by atoms with Crippen LogP contribution in [0.2, 0.25) is 0 Å². The molecule has 0 spiro atoms. The normalized spacial score (nSPS) is 21.1. The predicted molar refractivity (Wildman–Crippen MR) is 81.6 cm³/mol. The third-order valence-electron chi connectivity index (χ3n) is 4.35. The molecule has 0 saturated carbocycles. The third kappa shape index (κ3) is 1.53. The van der Waals surface area contributed by atoms with Crippen LogP contribution in [0.4, 0.5) is 0 Å². The van der Waals surface area contributed by atoms with Gasteiger partial charge in [-0.15, -0.1) is 0 Å². The van der Waals surface area contributed by atoms with E-state index in [0.717, 1.165) is 0 Å². The van der Waals surface area contributed by atoms with Crippen LogP contribution in [0, 0.1) is 0 Å². The minimum Gasteiger partial charge on any atom is -0.361 e. The molecule has 0 saturated heterocycles. The summed E-state index contributed by atoms with van der Waals surface area (Å²) in [4.78, 5) is 0. The van der Waals surface area contributed by atoms with Crippen molar-refractivity contribution in [3.05, 3.63) is 83.4 Å². The lowest BCUT2D eigenvalue weighted by Crippen LogP contribution is -2.22. The highest BCUT2D eigenvalue weighted by Gasteiger charge is 2.37. The molecule has 1 nitrogen and oxygen atoms in total. The first kappa shape index (κ1) is 11.7. The maximum atomic E-state index is 6.21. The molecule has 0 amide bonds. The number of hydrogen-bond donors (Lipinski definition) is 0. The molecule has 1 heteroatoms. The van der Waals surface area contributed by atoms with Gasteiger partial charge in [0.15, 0.2) is 0 Å². The smallest absolute Gasteiger partial charge is 0.117 e. The maximum Gasteiger partial charge on any atom is 0.117 e. The number of hydrogen-bond acceptors (Lipinski definition) is 1. The van der Waals surface area contributed by atoms with E-state index < -0.39 is 0 Å². The first-order valence-corrected chi connectivity index (χ1v) is 7.00. The standard InChI is InChI=1S/C19H16O/c1-19(17-11-5-3-8-15(17)13-20-19)18-12-6-9-14-7-2-4-10-16(14)18/h2-12H,13H2,1H3. The van der Waals surface area contributed by atoms with E-state index in [1.165, 1.54) is 27.5 Å². The Kier molecular flexibility index (Phi) is 2.45. The molecule has 0 N–H and O–H groups in total. The second-order valence-electron chi connectivity index (χ2n) is 5.51. The van der Waals surface area contributed by atoms with Crippen LogP contribution in [0.5, 0.6) is 0 Å². The lowest BCUT2D eigenvalue weighted by Gasteiger charge is -2.27. The summed E-state index contributed by atoms with van der Waals surface area (Å²) in [6, 6.07) is 23.5. The molecule has 0 aromatic heterocycles. The van der Waals surface area contributed by atoms with Crippen LogP contribution in [0.25, 0.3) is 10.8 Å². The van der Waals surface area contributed by atoms with Crippen LogP contribution in [0.3, 0.4) is 0 Å². The zero-order valence-corrected chi connectivity index (χ0v) is 11.5. The first-order chi connectivity index (χ1) is 9.79. The summed E-state index contributed by atoms with van der Waals surface area (Å²) in [6.45, 7) is 2.87. The highest BCUT2D eigenvalue weighted by atomic mass is 16.5. The van der Waals surface area contributed by atoms with Crippen molar-refractivity contribution in [2.45, 2.75) is 19.1 Å². The summed E-state index contributed by atoms with van der Waals surface area (Å²) in [7, 11) is 0. The molecule has 3 aromatic rings. The van der Waals surface area contributed by atoms with Crippen molar-refractivity contribution in [2.24, 2.45) is 0 Å². The fourth-order valence-electron chi connectivity index (χ4n) is 3.28. The lowest BCUT2D eigenvalue weighted by atomic mass is 9.84. The molecule has 0 radical (unpaired) electrons. The van der Waals surface area contributed by atoms with E-state index >= 15 is 0 Å². The molecular weight excluding hydrogens is 244 g/mol. The van der Waals surface area contributed by atoms with E-state index in [-0.39, 0.29) is 5.60 Å². The Bertz CT molecular complexity index is 785. The Balaban J connectivity index is 2.01. The van der Waals surface area contributed by atoms with Gasteiger partial charge in [-0.3, -0.25) is 0 Å². The molecule has 0 bridgehead atoms. The zero-order valence-electron chi connectivity index (χ0n) is 11.5. The Labute approximate surface area is 118 Å². The van der Waals surface area contributed by atoms with Crippen LogP contribution in [0.15, 0.2) is 66.7 Å². The molecule has 4 rings (SSSR count). The van der Waals surface area contributed by atoms with Crippen molar-refractivity contribution >= 4 is 10.8 Å². The van der Waals surface area contributed by atoms with Crippen LogP contribution in [-0.2, 0) is 16.9 Å². The summed E-state index contributed by atoms with van der Waals surface area (Å²) in [6.07, 6.45) is 0. The Morgan fingerprint density at radius 2 is 1.50 bits per heavy atom. The van der Waals surface area contributed by atoms with Gasteiger partial charge in [-0.25, -0.2) is 0 Å². The van der Waals surface area contributed by atoms with Crippen molar-refractivity contribution in [3.63, 3.8) is 0 Å². The van der Waals surface area contributed by atoms with Gasteiger partial charge in [-0.2, -0.15) is 0 Å². The molecule has 1 atom stereocenters. The molecule has 1 aliphatic heterocycles. The summed E-state index contributed by atoms with van der Waals surface area (Å²) in [5.41, 5.74) is 3.48. The monoisotopic (exact) mass is 260 g/mol. The summed E-state index contributed by atoms with van der Waals surface area (Å²) >= 11 is 0. The van der Waals surface area contributed by atoms with Crippen molar-refractivity contribution in [3.8, 4) is 0 Å². The highest BCUT2D eigenvalue weighted by molar-refractivity contribution is 5.87. The van der Waals surface area contributed by atoms with Gasteiger partial charge in [0.1, 0.15) is 5.60 Å². The highest BCUT2D eigenvalue weighted by Crippen LogP contribution is 2.43. The minimum absolute atomic E-state index is 0.350. The van der Waals surface area contributed by atoms with Gasteiger partial charge in [0.05, 0.1) is 6.61 Å². The third-order valence-corrected chi connectivity index (χ3v) is 4.35. The largest absolute Gasteiger partial charge is 0.361 e. The summed E-state index contributed by atoms with van der Waals surface area (Å²) < 4.78 is 6.21. The van der Waals surface area contributed by atoms with Crippen molar-refractivity contribution in [1.29, 1.82) is 0 Å². The molecule has 20 heavy (non-hydrogen) atoms. The van der Waals surface area contributed by atoms with Crippen LogP contribution in [0.1, 0.15) is 23.6 Å². The van der Waals surface area contributed by atoms with Crippen molar-refractivity contribution in [2.75, 3.05) is 0 Å². The average Bonchev–Trinajstić information content (AvgIpc) is 2.86. The fourth-order valence-corrected chi connectivity index (χ4v) is 3.28. The Morgan fingerprint density at radius 1 is 0.800 bits per heavy atom. The quantitative estimate of drug-likeness (QED) is 0.619. The zero-order chi connectivity index (χ0) is 13.6. The van der Waals surface area contributed by atoms with Crippen molar-refractivity contribution < 1.29 is 4.74 Å². The van der Waals surface area contributed by atoms with Gasteiger partial charge in [-0.05, 0) is 34.4 Å². The van der Waals surface area contributed by atoms with Gasteiger partial charge in [0.25, 0.3) is 0 Å². The molecule has 0 fully saturated rings. The molecule has 98 valence electrons. The van der Waals surface area contributed by atoms with Gasteiger partial charge in [-0.1, -0.05) is 66.7 Å². The molecule has 3 aromatic carbocycles. The number of rotatable bonds is 1. The average molecular weight is 260 g/mol. The number of fused-ring (bicyclic) bond motifs is 2. The van der Waals surface area contributed by atoms with Gasteiger partial charge in [0.2, 0.25) is 0 Å². The van der Waals surface area contributed by atoms with E-state index in [9.17, 15) is 0 Å². The number of ether oxygens (including phenoxy) is 1. The Morgan fingerprint density at radius 3 is 2.45 bits per heavy atom. The number of benzene rings is 3. The summed E-state index contributed by atoms with van der Waals surface area (Å²) in [5.74, 6) is 0. The van der Waals surface area contributed by atoms with E-state index in [4.69, 9.17) is 4.74 Å². The van der Waals surface area contributed by atoms with E-state index in [0.29, 0.717) is 6.61 Å². The molecule has 1 heterocycles.